The first kappa shape index (κ1) is 17.4. The van der Waals surface area contributed by atoms with Gasteiger partial charge in [0.2, 0.25) is 5.91 Å². The van der Waals surface area contributed by atoms with Gasteiger partial charge in [0.1, 0.15) is 5.60 Å². The molecule has 0 bridgehead atoms. The van der Waals surface area contributed by atoms with Gasteiger partial charge in [0.25, 0.3) is 0 Å². The molecule has 0 saturated heterocycles. The first-order valence-electron chi connectivity index (χ1n) is 6.06. The van der Waals surface area contributed by atoms with Crippen molar-refractivity contribution in [3.05, 3.63) is 0 Å². The van der Waals surface area contributed by atoms with Gasteiger partial charge in [-0.15, -0.1) is 0 Å². The van der Waals surface area contributed by atoms with E-state index < -0.39 is 23.5 Å². The molecule has 0 heterocycles. The molecule has 19 heavy (non-hydrogen) atoms. The van der Waals surface area contributed by atoms with Crippen LogP contribution in [0.1, 0.15) is 33.6 Å². The van der Waals surface area contributed by atoms with E-state index in [0.717, 1.165) is 0 Å². The van der Waals surface area contributed by atoms with Crippen LogP contribution in [-0.4, -0.2) is 49.6 Å². The number of hydrogen-bond donors (Lipinski definition) is 0. The summed E-state index contributed by atoms with van der Waals surface area (Å²) in [5.74, 6) is -2.15. The molecular formula is C13H23NO5. The van der Waals surface area contributed by atoms with E-state index in [1.807, 2.05) is 0 Å². The van der Waals surface area contributed by atoms with Gasteiger partial charge in [0.15, 0.2) is 0 Å². The Morgan fingerprint density at radius 2 is 1.63 bits per heavy atom. The minimum Gasteiger partial charge on any atom is -0.469 e. The number of nitrogens with zero attached hydrogens (tertiary/aromatic N) is 1. The van der Waals surface area contributed by atoms with E-state index in [1.54, 1.807) is 34.9 Å². The summed E-state index contributed by atoms with van der Waals surface area (Å²) in [5.41, 5.74) is -0.622. The number of carbonyl (C=O) groups excluding carboxylic acids is 3. The van der Waals surface area contributed by atoms with Crippen LogP contribution < -0.4 is 0 Å². The summed E-state index contributed by atoms with van der Waals surface area (Å²) in [6.07, 6.45) is -0.234. The van der Waals surface area contributed by atoms with Gasteiger partial charge in [-0.3, -0.25) is 14.4 Å². The molecule has 0 aromatic carbocycles. The van der Waals surface area contributed by atoms with Crippen molar-refractivity contribution in [2.45, 2.75) is 39.2 Å². The molecule has 0 aliphatic heterocycles. The highest BCUT2D eigenvalue weighted by Crippen LogP contribution is 2.16. The van der Waals surface area contributed by atoms with Crippen molar-refractivity contribution in [1.29, 1.82) is 0 Å². The highest BCUT2D eigenvalue weighted by molar-refractivity contribution is 5.86. The van der Waals surface area contributed by atoms with Gasteiger partial charge in [-0.25, -0.2) is 0 Å². The second kappa shape index (κ2) is 7.11. The van der Waals surface area contributed by atoms with E-state index in [-0.39, 0.29) is 18.7 Å². The average molecular weight is 273 g/mol. The van der Waals surface area contributed by atoms with Crippen LogP contribution in [0.2, 0.25) is 0 Å². The van der Waals surface area contributed by atoms with Gasteiger partial charge < -0.3 is 14.4 Å². The predicted octanol–water partition coefficient (Wildman–Crippen LogP) is 0.986. The number of methoxy groups -OCH3 is 1. The molecule has 6 heteroatoms. The average Bonchev–Trinajstić information content (AvgIpc) is 2.24. The number of hydrogen-bond acceptors (Lipinski definition) is 5. The molecule has 0 unspecified atom stereocenters. The lowest BCUT2D eigenvalue weighted by Gasteiger charge is -2.21. The van der Waals surface area contributed by atoms with Crippen molar-refractivity contribution in [2.24, 2.45) is 5.92 Å². The third-order valence-electron chi connectivity index (χ3n) is 2.29. The molecule has 0 aliphatic carbocycles. The summed E-state index contributed by atoms with van der Waals surface area (Å²) in [4.78, 5) is 36.2. The smallest absolute Gasteiger partial charge is 0.309 e. The molecular weight excluding hydrogens is 250 g/mol. The Morgan fingerprint density at radius 1 is 1.11 bits per heavy atom. The standard InChI is InChI=1S/C13H23NO5/c1-13(2,3)19-11(16)8-9(12(17)18-6)7-10(15)14(4)5/h9H,7-8H2,1-6H3/t9-/m1/s1. The van der Waals surface area contributed by atoms with Gasteiger partial charge in [-0.2, -0.15) is 0 Å². The summed E-state index contributed by atoms with van der Waals surface area (Å²) < 4.78 is 9.74. The van der Waals surface area contributed by atoms with Crippen molar-refractivity contribution in [1.82, 2.24) is 4.90 Å². The van der Waals surface area contributed by atoms with Crippen LogP contribution in [0.3, 0.4) is 0 Å². The first-order chi connectivity index (χ1) is 8.56. The molecule has 0 aromatic rings. The van der Waals surface area contributed by atoms with Crippen molar-refractivity contribution >= 4 is 17.8 Å². The Balaban J connectivity index is 4.65. The lowest BCUT2D eigenvalue weighted by Crippen LogP contribution is -2.31. The molecule has 0 N–H and O–H groups in total. The van der Waals surface area contributed by atoms with Crippen LogP contribution in [0.15, 0.2) is 0 Å². The maximum absolute atomic E-state index is 11.7. The van der Waals surface area contributed by atoms with Crippen molar-refractivity contribution in [3.63, 3.8) is 0 Å². The van der Waals surface area contributed by atoms with Crippen molar-refractivity contribution in [3.8, 4) is 0 Å². The SMILES string of the molecule is COC(=O)[C@@H](CC(=O)OC(C)(C)C)CC(=O)N(C)C. The summed E-state index contributed by atoms with van der Waals surface area (Å²) in [6.45, 7) is 5.22. The number of amides is 1. The molecule has 0 aromatic heterocycles. The second-order valence-electron chi connectivity index (χ2n) is 5.50. The third kappa shape index (κ3) is 7.43. The van der Waals surface area contributed by atoms with Crippen molar-refractivity contribution in [2.75, 3.05) is 21.2 Å². The number of rotatable bonds is 5. The quantitative estimate of drug-likeness (QED) is 0.698. The van der Waals surface area contributed by atoms with Crippen molar-refractivity contribution < 1.29 is 23.9 Å². The molecule has 0 rings (SSSR count). The molecule has 1 atom stereocenters. The van der Waals surface area contributed by atoms with E-state index in [2.05, 4.69) is 4.74 Å². The zero-order valence-electron chi connectivity index (χ0n) is 12.5. The Bertz CT molecular complexity index is 343. The maximum atomic E-state index is 11.7. The fourth-order valence-corrected chi connectivity index (χ4v) is 1.38. The van der Waals surface area contributed by atoms with Crippen LogP contribution >= 0.6 is 0 Å². The Labute approximate surface area is 114 Å². The number of ether oxygens (including phenoxy) is 2. The zero-order chi connectivity index (χ0) is 15.2. The van der Waals surface area contributed by atoms with Gasteiger partial charge in [0.05, 0.1) is 19.4 Å². The van der Waals surface area contributed by atoms with Crippen LogP contribution in [-0.2, 0) is 23.9 Å². The molecule has 0 fully saturated rings. The predicted molar refractivity (Wildman–Crippen MR) is 69.3 cm³/mol. The molecule has 1 amide bonds. The van der Waals surface area contributed by atoms with E-state index in [9.17, 15) is 14.4 Å². The first-order valence-corrected chi connectivity index (χ1v) is 6.06. The minimum absolute atomic E-state index is 0.0705. The van der Waals surface area contributed by atoms with E-state index in [1.165, 1.54) is 12.0 Å². The maximum Gasteiger partial charge on any atom is 0.309 e. The minimum atomic E-state index is -0.810. The molecule has 0 spiro atoms. The van der Waals surface area contributed by atoms with Crippen LogP contribution in [0.4, 0.5) is 0 Å². The molecule has 0 aliphatic rings. The summed E-state index contributed by atoms with van der Waals surface area (Å²) in [6, 6.07) is 0. The van der Waals surface area contributed by atoms with Gasteiger partial charge in [0, 0.05) is 20.5 Å². The fraction of sp³-hybridized carbons (Fsp3) is 0.769. The molecule has 0 radical (unpaired) electrons. The third-order valence-corrected chi connectivity index (χ3v) is 2.29. The largest absolute Gasteiger partial charge is 0.469 e. The highest BCUT2D eigenvalue weighted by atomic mass is 16.6. The van der Waals surface area contributed by atoms with Crippen LogP contribution in [0, 0.1) is 5.92 Å². The van der Waals surface area contributed by atoms with Crippen LogP contribution in [0.5, 0.6) is 0 Å². The monoisotopic (exact) mass is 273 g/mol. The Hall–Kier alpha value is -1.59. The zero-order valence-corrected chi connectivity index (χ0v) is 12.5. The van der Waals surface area contributed by atoms with Crippen LogP contribution in [0.25, 0.3) is 0 Å². The van der Waals surface area contributed by atoms with E-state index in [0.29, 0.717) is 0 Å². The molecule has 110 valence electrons. The fourth-order valence-electron chi connectivity index (χ4n) is 1.38. The summed E-state index contributed by atoms with van der Waals surface area (Å²) in [7, 11) is 4.40. The van der Waals surface area contributed by atoms with E-state index >= 15 is 0 Å². The Kier molecular flexibility index (Phi) is 6.52. The van der Waals surface area contributed by atoms with E-state index in [4.69, 9.17) is 4.74 Å². The normalized spacial score (nSPS) is 12.5. The molecule has 6 nitrogen and oxygen atoms in total. The highest BCUT2D eigenvalue weighted by Gasteiger charge is 2.28. The summed E-state index contributed by atoms with van der Waals surface area (Å²) >= 11 is 0. The summed E-state index contributed by atoms with van der Waals surface area (Å²) in [5, 5.41) is 0. The van der Waals surface area contributed by atoms with Gasteiger partial charge in [-0.05, 0) is 20.8 Å². The lowest BCUT2D eigenvalue weighted by molar-refractivity contribution is -0.161. The number of carbonyl (C=O) groups is 3. The Morgan fingerprint density at radius 3 is 2.00 bits per heavy atom. The van der Waals surface area contributed by atoms with Gasteiger partial charge in [-0.1, -0.05) is 0 Å². The number of esters is 2. The second-order valence-corrected chi connectivity index (χ2v) is 5.50. The topological polar surface area (TPSA) is 72.9 Å². The lowest BCUT2D eigenvalue weighted by atomic mass is 10.0. The molecule has 0 saturated carbocycles. The van der Waals surface area contributed by atoms with Gasteiger partial charge >= 0.3 is 11.9 Å².